The molecule has 2 rings (SSSR count). The topological polar surface area (TPSA) is 83.5 Å². The van der Waals surface area contributed by atoms with Crippen LogP contribution in [-0.2, 0) is 15.4 Å². The van der Waals surface area contributed by atoms with E-state index in [0.29, 0.717) is 5.56 Å². The van der Waals surface area contributed by atoms with Crippen molar-refractivity contribution in [2.75, 3.05) is 4.72 Å². The van der Waals surface area contributed by atoms with Crippen LogP contribution < -0.4 is 4.72 Å². The number of hydrogen-bond donors (Lipinski definition) is 2. The summed E-state index contributed by atoms with van der Waals surface area (Å²) in [5.41, 5.74) is 1.49. The summed E-state index contributed by atoms with van der Waals surface area (Å²) in [5.74, 6) is -1.18. The summed E-state index contributed by atoms with van der Waals surface area (Å²) in [6.07, 6.45) is 0. The number of sulfonamides is 1. The molecule has 2 aromatic rings. The first-order valence-corrected chi connectivity index (χ1v) is 8.97. The van der Waals surface area contributed by atoms with Crippen molar-refractivity contribution in [3.05, 3.63) is 59.2 Å². The Morgan fingerprint density at radius 1 is 1.04 bits per heavy atom. The van der Waals surface area contributed by atoms with E-state index < -0.39 is 16.0 Å². The minimum atomic E-state index is -3.87. The van der Waals surface area contributed by atoms with E-state index in [2.05, 4.69) is 4.72 Å². The van der Waals surface area contributed by atoms with E-state index in [1.807, 2.05) is 20.8 Å². The third kappa shape index (κ3) is 3.76. The molecule has 2 aromatic carbocycles. The monoisotopic (exact) mass is 347 g/mol. The second-order valence-electron chi connectivity index (χ2n) is 6.68. The molecule has 0 spiro atoms. The normalized spacial score (nSPS) is 12.0. The number of aromatic carboxylic acids is 1. The quantitative estimate of drug-likeness (QED) is 0.881. The Bertz CT molecular complexity index is 863. The largest absolute Gasteiger partial charge is 0.478 e. The SMILES string of the molecule is Cc1cccc(C(=O)O)c1NS(=O)(=O)c1ccc(C(C)(C)C)cc1. The average molecular weight is 347 g/mol. The molecule has 0 aliphatic heterocycles. The summed E-state index contributed by atoms with van der Waals surface area (Å²) >= 11 is 0. The van der Waals surface area contributed by atoms with Crippen LogP contribution in [0.4, 0.5) is 5.69 Å². The van der Waals surface area contributed by atoms with Crippen molar-refractivity contribution < 1.29 is 18.3 Å². The zero-order valence-corrected chi connectivity index (χ0v) is 14.9. The molecule has 0 amide bonds. The molecule has 0 aliphatic rings. The van der Waals surface area contributed by atoms with E-state index in [1.54, 1.807) is 31.2 Å². The van der Waals surface area contributed by atoms with Crippen molar-refractivity contribution >= 4 is 21.7 Å². The third-order valence-electron chi connectivity index (χ3n) is 3.77. The molecule has 6 heteroatoms. The number of para-hydroxylation sites is 1. The van der Waals surface area contributed by atoms with Crippen LogP contribution in [-0.4, -0.2) is 19.5 Å². The molecule has 24 heavy (non-hydrogen) atoms. The maximum Gasteiger partial charge on any atom is 0.337 e. The summed E-state index contributed by atoms with van der Waals surface area (Å²) < 4.78 is 27.6. The van der Waals surface area contributed by atoms with Gasteiger partial charge in [-0.05, 0) is 41.7 Å². The van der Waals surface area contributed by atoms with Gasteiger partial charge in [0.1, 0.15) is 0 Å². The molecule has 128 valence electrons. The second kappa shape index (κ2) is 6.28. The Morgan fingerprint density at radius 3 is 2.12 bits per heavy atom. The number of benzene rings is 2. The van der Waals surface area contributed by atoms with Crippen molar-refractivity contribution in [2.45, 2.75) is 38.0 Å². The van der Waals surface area contributed by atoms with Gasteiger partial charge in [0.25, 0.3) is 10.0 Å². The van der Waals surface area contributed by atoms with Crippen LogP contribution in [0.15, 0.2) is 47.4 Å². The van der Waals surface area contributed by atoms with Gasteiger partial charge in [0.15, 0.2) is 0 Å². The third-order valence-corrected chi connectivity index (χ3v) is 5.14. The smallest absolute Gasteiger partial charge is 0.337 e. The van der Waals surface area contributed by atoms with Crippen molar-refractivity contribution in [1.82, 2.24) is 0 Å². The van der Waals surface area contributed by atoms with E-state index in [9.17, 15) is 18.3 Å². The van der Waals surface area contributed by atoms with E-state index in [4.69, 9.17) is 0 Å². The number of nitrogens with one attached hydrogen (secondary N) is 1. The molecular weight excluding hydrogens is 326 g/mol. The van der Waals surface area contributed by atoms with Crippen molar-refractivity contribution in [2.24, 2.45) is 0 Å². The predicted molar refractivity (Wildman–Crippen MR) is 94.1 cm³/mol. The van der Waals surface area contributed by atoms with Gasteiger partial charge < -0.3 is 5.11 Å². The van der Waals surface area contributed by atoms with Crippen LogP contribution in [0.1, 0.15) is 42.3 Å². The summed E-state index contributed by atoms with van der Waals surface area (Å²) in [7, 11) is -3.87. The Labute approximate surface area is 142 Å². The molecule has 0 heterocycles. The average Bonchev–Trinajstić information content (AvgIpc) is 2.48. The lowest BCUT2D eigenvalue weighted by atomic mass is 9.87. The lowest BCUT2D eigenvalue weighted by Gasteiger charge is -2.19. The van der Waals surface area contributed by atoms with Crippen LogP contribution in [0, 0.1) is 6.92 Å². The number of carboxylic acid groups (broad SMARTS) is 1. The number of anilines is 1. The minimum Gasteiger partial charge on any atom is -0.478 e. The molecule has 5 nitrogen and oxygen atoms in total. The van der Waals surface area contributed by atoms with Gasteiger partial charge in [0, 0.05) is 0 Å². The fourth-order valence-corrected chi connectivity index (χ4v) is 3.46. The highest BCUT2D eigenvalue weighted by Crippen LogP contribution is 2.26. The first-order chi connectivity index (χ1) is 11.0. The maximum atomic E-state index is 12.6. The molecule has 0 saturated heterocycles. The molecule has 0 unspecified atom stereocenters. The standard InChI is InChI=1S/C18H21NO4S/c1-12-6-5-7-15(17(20)21)16(12)19-24(22,23)14-10-8-13(9-11-14)18(2,3)4/h5-11,19H,1-4H3,(H,20,21). The van der Waals surface area contributed by atoms with Crippen LogP contribution in [0.3, 0.4) is 0 Å². The van der Waals surface area contributed by atoms with Gasteiger partial charge in [-0.1, -0.05) is 45.0 Å². The summed E-state index contributed by atoms with van der Waals surface area (Å²) in [4.78, 5) is 11.4. The highest BCUT2D eigenvalue weighted by molar-refractivity contribution is 7.92. The number of aryl methyl sites for hydroxylation is 1. The highest BCUT2D eigenvalue weighted by Gasteiger charge is 2.21. The van der Waals surface area contributed by atoms with Crippen molar-refractivity contribution in [3.63, 3.8) is 0 Å². The number of carboxylic acids is 1. The lowest BCUT2D eigenvalue weighted by Crippen LogP contribution is -2.17. The molecule has 0 atom stereocenters. The highest BCUT2D eigenvalue weighted by atomic mass is 32.2. The molecule has 0 fully saturated rings. The zero-order chi connectivity index (χ0) is 18.1. The predicted octanol–water partition coefficient (Wildman–Crippen LogP) is 3.79. The molecular formula is C18H21NO4S. The lowest BCUT2D eigenvalue weighted by molar-refractivity contribution is 0.0698. The molecule has 0 aliphatic carbocycles. The first-order valence-electron chi connectivity index (χ1n) is 7.48. The van der Waals surface area contributed by atoms with Gasteiger partial charge >= 0.3 is 5.97 Å². The van der Waals surface area contributed by atoms with E-state index in [-0.39, 0.29) is 21.6 Å². The van der Waals surface area contributed by atoms with Crippen LogP contribution in [0.5, 0.6) is 0 Å². The van der Waals surface area contributed by atoms with Crippen molar-refractivity contribution in [1.29, 1.82) is 0 Å². The van der Waals surface area contributed by atoms with Gasteiger partial charge in [0.2, 0.25) is 0 Å². The van der Waals surface area contributed by atoms with Crippen LogP contribution in [0.25, 0.3) is 0 Å². The molecule has 0 saturated carbocycles. The summed E-state index contributed by atoms with van der Waals surface area (Å²) in [6.45, 7) is 7.79. The maximum absolute atomic E-state index is 12.6. The van der Waals surface area contributed by atoms with Crippen LogP contribution >= 0.6 is 0 Å². The molecule has 0 aromatic heterocycles. The van der Waals surface area contributed by atoms with Gasteiger partial charge in [-0.15, -0.1) is 0 Å². The summed E-state index contributed by atoms with van der Waals surface area (Å²) in [6, 6.07) is 11.2. The summed E-state index contributed by atoms with van der Waals surface area (Å²) in [5, 5.41) is 9.25. The second-order valence-corrected chi connectivity index (χ2v) is 8.36. The Balaban J connectivity index is 2.41. The fraction of sp³-hybridized carbons (Fsp3) is 0.278. The Kier molecular flexibility index (Phi) is 4.71. The van der Waals surface area contributed by atoms with E-state index >= 15 is 0 Å². The Morgan fingerprint density at radius 2 is 1.62 bits per heavy atom. The van der Waals surface area contributed by atoms with E-state index in [1.165, 1.54) is 18.2 Å². The fourth-order valence-electron chi connectivity index (χ4n) is 2.31. The first kappa shape index (κ1) is 18.0. The van der Waals surface area contributed by atoms with E-state index in [0.717, 1.165) is 5.56 Å². The molecule has 2 N–H and O–H groups in total. The minimum absolute atomic E-state index is 0.0788. The van der Waals surface area contributed by atoms with Crippen molar-refractivity contribution in [3.8, 4) is 0 Å². The van der Waals surface area contributed by atoms with Gasteiger partial charge in [-0.25, -0.2) is 13.2 Å². The Hall–Kier alpha value is -2.34. The van der Waals surface area contributed by atoms with Crippen LogP contribution in [0.2, 0.25) is 0 Å². The molecule has 0 radical (unpaired) electrons. The van der Waals surface area contributed by atoms with Gasteiger partial charge in [-0.3, -0.25) is 4.72 Å². The van der Waals surface area contributed by atoms with Gasteiger partial charge in [-0.2, -0.15) is 0 Å². The van der Waals surface area contributed by atoms with Gasteiger partial charge in [0.05, 0.1) is 16.1 Å². The zero-order valence-electron chi connectivity index (χ0n) is 14.1. The number of rotatable bonds is 4. The molecule has 0 bridgehead atoms. The number of carbonyl (C=O) groups is 1. The number of hydrogen-bond acceptors (Lipinski definition) is 3.